The molecule has 2 heterocycles. The summed E-state index contributed by atoms with van der Waals surface area (Å²) in [6.45, 7) is 10.7. The highest BCUT2D eigenvalue weighted by atomic mass is 127. The zero-order chi connectivity index (χ0) is 17.2. The topological polar surface area (TPSA) is 42.9 Å². The van der Waals surface area contributed by atoms with Gasteiger partial charge in [-0.05, 0) is 90.1 Å². The van der Waals surface area contributed by atoms with Gasteiger partial charge in [-0.25, -0.2) is 0 Å². The summed E-state index contributed by atoms with van der Waals surface area (Å²) in [7, 11) is 4.10. The summed E-state index contributed by atoms with van der Waals surface area (Å²) in [6.07, 6.45) is 7.89. The van der Waals surface area contributed by atoms with Crippen molar-refractivity contribution in [2.75, 3.05) is 59.9 Å². The molecule has 2 rings (SSSR count). The Hall–Kier alpha value is -0.0800. The lowest BCUT2D eigenvalue weighted by atomic mass is 9.94. The lowest BCUT2D eigenvalue weighted by Crippen LogP contribution is -2.40. The second-order valence-electron chi connectivity index (χ2n) is 7.84. The summed E-state index contributed by atoms with van der Waals surface area (Å²) in [4.78, 5) is 9.40. The fourth-order valence-electron chi connectivity index (χ4n) is 3.76. The van der Waals surface area contributed by atoms with Crippen molar-refractivity contribution in [1.82, 2.24) is 20.4 Å². The Kier molecular flexibility index (Phi) is 12.1. The lowest BCUT2D eigenvalue weighted by molar-refractivity contribution is 0.191. The summed E-state index contributed by atoms with van der Waals surface area (Å²) < 4.78 is 0. The molecule has 0 amide bonds. The summed E-state index contributed by atoms with van der Waals surface area (Å²) in [5.41, 5.74) is 0. The number of nitrogens with one attached hydrogen (secondary N) is 2. The number of hydrogen-bond acceptors (Lipinski definition) is 3. The molecule has 0 bridgehead atoms. The predicted octanol–water partition coefficient (Wildman–Crippen LogP) is 2.62. The number of nitrogens with zero attached hydrogens (tertiary/aromatic N) is 3. The number of halogens is 1. The summed E-state index contributed by atoms with van der Waals surface area (Å²) in [5.74, 6) is 2.77. The van der Waals surface area contributed by atoms with Crippen molar-refractivity contribution < 1.29 is 0 Å². The van der Waals surface area contributed by atoms with Crippen molar-refractivity contribution >= 4 is 29.9 Å². The van der Waals surface area contributed by atoms with Crippen LogP contribution in [0, 0.1) is 11.8 Å². The van der Waals surface area contributed by atoms with E-state index < -0.39 is 0 Å². The van der Waals surface area contributed by atoms with Crippen molar-refractivity contribution in [2.45, 2.75) is 45.4 Å². The Bertz CT molecular complexity index is 361. The third kappa shape index (κ3) is 9.43. The lowest BCUT2D eigenvalue weighted by Gasteiger charge is -2.30. The van der Waals surface area contributed by atoms with Gasteiger partial charge in [-0.2, -0.15) is 0 Å². The van der Waals surface area contributed by atoms with Crippen molar-refractivity contribution in [3.8, 4) is 0 Å². The smallest absolute Gasteiger partial charge is 0.190 e. The zero-order valence-electron chi connectivity index (χ0n) is 16.6. The van der Waals surface area contributed by atoms with Crippen LogP contribution in [-0.2, 0) is 0 Å². The molecular weight excluding hydrogens is 425 g/mol. The van der Waals surface area contributed by atoms with Gasteiger partial charge in [0.1, 0.15) is 0 Å². The molecule has 0 aromatic rings. The first-order chi connectivity index (χ1) is 11.7. The average molecular weight is 465 g/mol. The van der Waals surface area contributed by atoms with E-state index in [0.29, 0.717) is 0 Å². The third-order valence-electron chi connectivity index (χ3n) is 5.73. The monoisotopic (exact) mass is 465 g/mol. The van der Waals surface area contributed by atoms with Crippen LogP contribution in [0.5, 0.6) is 0 Å². The van der Waals surface area contributed by atoms with Gasteiger partial charge in [0.2, 0.25) is 0 Å². The molecule has 2 N–H and O–H groups in total. The molecule has 2 saturated heterocycles. The van der Waals surface area contributed by atoms with Crippen LogP contribution in [0.25, 0.3) is 0 Å². The standard InChI is InChI=1S/C19H39N5.HI/c1-17-6-15-24(16-7-17)12-4-10-21-19(20-2)22-11-5-18-8-13-23(3)14-9-18;/h17-18H,4-16H2,1-3H3,(H2,20,21,22);1H. The Labute approximate surface area is 172 Å². The van der Waals surface area contributed by atoms with Crippen molar-refractivity contribution in [2.24, 2.45) is 16.8 Å². The first-order valence-electron chi connectivity index (χ1n) is 10.0. The number of rotatable bonds is 7. The SMILES string of the molecule is CN=C(NCCCN1CCC(C)CC1)NCCC1CCN(C)CC1.I. The van der Waals surface area contributed by atoms with E-state index in [1.807, 2.05) is 7.05 Å². The van der Waals surface area contributed by atoms with E-state index in [1.165, 1.54) is 71.2 Å². The van der Waals surface area contributed by atoms with Crippen LogP contribution in [0.3, 0.4) is 0 Å². The molecule has 0 unspecified atom stereocenters. The molecular formula is C19H40IN5. The summed E-state index contributed by atoms with van der Waals surface area (Å²) in [5, 5.41) is 6.95. The minimum Gasteiger partial charge on any atom is -0.356 e. The first-order valence-corrected chi connectivity index (χ1v) is 10.0. The van der Waals surface area contributed by atoms with Crippen LogP contribution in [0.1, 0.15) is 45.4 Å². The fourth-order valence-corrected chi connectivity index (χ4v) is 3.76. The largest absolute Gasteiger partial charge is 0.356 e. The van der Waals surface area contributed by atoms with E-state index in [0.717, 1.165) is 30.9 Å². The number of guanidine groups is 1. The average Bonchev–Trinajstić information content (AvgIpc) is 2.60. The van der Waals surface area contributed by atoms with Crippen LogP contribution in [0.15, 0.2) is 4.99 Å². The Morgan fingerprint density at radius 1 is 1.00 bits per heavy atom. The normalized spacial score (nSPS) is 21.8. The number of hydrogen-bond donors (Lipinski definition) is 2. The van der Waals surface area contributed by atoms with Gasteiger partial charge in [0.15, 0.2) is 5.96 Å². The maximum atomic E-state index is 4.35. The van der Waals surface area contributed by atoms with Crippen molar-refractivity contribution in [1.29, 1.82) is 0 Å². The summed E-state index contributed by atoms with van der Waals surface area (Å²) in [6, 6.07) is 0. The van der Waals surface area contributed by atoms with Crippen molar-refractivity contribution in [3.05, 3.63) is 0 Å². The van der Waals surface area contributed by atoms with E-state index >= 15 is 0 Å². The number of piperidine rings is 2. The van der Waals surface area contributed by atoms with Crippen LogP contribution in [0.2, 0.25) is 0 Å². The molecule has 2 aliphatic heterocycles. The fraction of sp³-hybridized carbons (Fsp3) is 0.947. The Morgan fingerprint density at radius 2 is 1.64 bits per heavy atom. The third-order valence-corrected chi connectivity index (χ3v) is 5.73. The Morgan fingerprint density at radius 3 is 2.28 bits per heavy atom. The van der Waals surface area contributed by atoms with E-state index in [9.17, 15) is 0 Å². The molecule has 0 aliphatic carbocycles. The van der Waals surface area contributed by atoms with Gasteiger partial charge in [0.25, 0.3) is 0 Å². The van der Waals surface area contributed by atoms with Crippen LogP contribution in [-0.4, -0.2) is 75.7 Å². The zero-order valence-corrected chi connectivity index (χ0v) is 18.9. The molecule has 0 atom stereocenters. The Balaban J connectivity index is 0.00000312. The highest BCUT2D eigenvalue weighted by molar-refractivity contribution is 14.0. The molecule has 0 saturated carbocycles. The van der Waals surface area contributed by atoms with Gasteiger partial charge >= 0.3 is 0 Å². The molecule has 25 heavy (non-hydrogen) atoms. The maximum absolute atomic E-state index is 4.35. The molecule has 6 heteroatoms. The molecule has 0 aromatic heterocycles. The molecule has 0 aromatic carbocycles. The van der Waals surface area contributed by atoms with Crippen LogP contribution in [0.4, 0.5) is 0 Å². The van der Waals surface area contributed by atoms with E-state index in [-0.39, 0.29) is 24.0 Å². The van der Waals surface area contributed by atoms with Gasteiger partial charge in [-0.15, -0.1) is 24.0 Å². The van der Waals surface area contributed by atoms with Crippen LogP contribution < -0.4 is 10.6 Å². The summed E-state index contributed by atoms with van der Waals surface area (Å²) >= 11 is 0. The predicted molar refractivity (Wildman–Crippen MR) is 119 cm³/mol. The molecule has 2 aliphatic rings. The second kappa shape index (κ2) is 13.1. The van der Waals surface area contributed by atoms with Gasteiger partial charge in [0.05, 0.1) is 0 Å². The highest BCUT2D eigenvalue weighted by Gasteiger charge is 2.16. The van der Waals surface area contributed by atoms with Crippen LogP contribution >= 0.6 is 24.0 Å². The maximum Gasteiger partial charge on any atom is 0.190 e. The van der Waals surface area contributed by atoms with E-state index in [2.05, 4.69) is 39.4 Å². The first kappa shape index (κ1) is 23.0. The molecule has 148 valence electrons. The highest BCUT2D eigenvalue weighted by Crippen LogP contribution is 2.18. The molecule has 0 spiro atoms. The minimum absolute atomic E-state index is 0. The molecule has 0 radical (unpaired) electrons. The molecule has 2 fully saturated rings. The number of likely N-dealkylation sites (tertiary alicyclic amines) is 2. The van der Waals surface area contributed by atoms with Gasteiger partial charge < -0.3 is 20.4 Å². The molecule has 5 nitrogen and oxygen atoms in total. The van der Waals surface area contributed by atoms with Gasteiger partial charge in [0, 0.05) is 20.1 Å². The minimum atomic E-state index is 0. The number of aliphatic imine (C=N–C) groups is 1. The van der Waals surface area contributed by atoms with E-state index in [4.69, 9.17) is 0 Å². The second-order valence-corrected chi connectivity index (χ2v) is 7.84. The van der Waals surface area contributed by atoms with Crippen molar-refractivity contribution in [3.63, 3.8) is 0 Å². The quantitative estimate of drug-likeness (QED) is 0.263. The van der Waals surface area contributed by atoms with Gasteiger partial charge in [-0.3, -0.25) is 4.99 Å². The van der Waals surface area contributed by atoms with E-state index in [1.54, 1.807) is 0 Å². The van der Waals surface area contributed by atoms with Gasteiger partial charge in [-0.1, -0.05) is 6.92 Å².